The van der Waals surface area contributed by atoms with Crippen molar-refractivity contribution in [2.45, 2.75) is 233 Å². The Morgan fingerprint density at radius 2 is 1.44 bits per heavy atom. The van der Waals surface area contributed by atoms with E-state index in [1.54, 1.807) is 5.57 Å². The number of ether oxygens (including phenoxy) is 1. The molecule has 3 fully saturated rings. The van der Waals surface area contributed by atoms with Crippen LogP contribution in [0.25, 0.3) is 0 Å². The Morgan fingerprint density at radius 1 is 0.818 bits per heavy atom. The number of hydrogen-bond donors (Lipinski definition) is 0. The lowest BCUT2D eigenvalue weighted by Gasteiger charge is -2.45. The molecule has 3 aliphatic carbocycles. The third kappa shape index (κ3) is 12.6. The van der Waals surface area contributed by atoms with Crippen molar-refractivity contribution in [1.29, 1.82) is 0 Å². The van der Waals surface area contributed by atoms with Crippen LogP contribution >= 0.6 is 0 Å². The van der Waals surface area contributed by atoms with Gasteiger partial charge in [0.1, 0.15) is 0 Å². The van der Waals surface area contributed by atoms with Crippen LogP contribution in [0.2, 0.25) is 54.4 Å². The molecule has 0 bridgehead atoms. The van der Waals surface area contributed by atoms with Crippen molar-refractivity contribution in [3.8, 4) is 0 Å². The second-order valence-corrected chi connectivity index (χ2v) is 36.6. The fourth-order valence-electron chi connectivity index (χ4n) is 9.94. The van der Waals surface area contributed by atoms with E-state index in [1.807, 2.05) is 0 Å². The Kier molecular flexibility index (Phi) is 17.3. The number of fused-ring (bicyclic) bond motifs is 1. The van der Waals surface area contributed by atoms with Crippen molar-refractivity contribution in [2.75, 3.05) is 13.2 Å². The largest absolute Gasteiger partial charge is 0.417 e. The summed E-state index contributed by atoms with van der Waals surface area (Å²) in [5.74, 6) is 2.28. The fourth-order valence-corrected chi connectivity index (χ4v) is 15.6. The van der Waals surface area contributed by atoms with Gasteiger partial charge in [-0.15, -0.1) is 0 Å². The predicted molar refractivity (Wildman–Crippen MR) is 248 cm³/mol. The van der Waals surface area contributed by atoms with Crippen molar-refractivity contribution in [3.63, 3.8) is 0 Å². The molecule has 4 nitrogen and oxygen atoms in total. The standard InChI is InChI=1S/C48H92O4Si3/c1-19-55(20-2,21-3)52-47(12,13)31-22-25-37(4)41-29-30-42-39(26-23-32-48(41,42)14)27-28-40-36-44(51-54(17,18)46(9,10)11)43(35-38(40)5)49-33-24-34-50-53(15,16)45(6,7)8/h27-28,37,41-44H,5,19-26,29-36H2,1-4,6-18H3/t37-,41-,42+,43?,44?,48-/m1/s1. The molecule has 3 saturated carbocycles. The zero-order chi connectivity index (χ0) is 41.7. The highest BCUT2D eigenvalue weighted by atomic mass is 28.4. The van der Waals surface area contributed by atoms with Gasteiger partial charge in [-0.05, 0) is 148 Å². The maximum Gasteiger partial charge on any atom is 0.192 e. The summed E-state index contributed by atoms with van der Waals surface area (Å²) in [6, 6.07) is 3.70. The number of rotatable bonds is 19. The average Bonchev–Trinajstić information content (AvgIpc) is 3.43. The third-order valence-electron chi connectivity index (χ3n) is 16.0. The molecule has 6 atom stereocenters. The van der Waals surface area contributed by atoms with Gasteiger partial charge >= 0.3 is 0 Å². The lowest BCUT2D eigenvalue weighted by molar-refractivity contribution is -0.0386. The van der Waals surface area contributed by atoms with E-state index in [0.29, 0.717) is 17.9 Å². The summed E-state index contributed by atoms with van der Waals surface area (Å²) >= 11 is 0. The highest BCUT2D eigenvalue weighted by Crippen LogP contribution is 2.60. The number of allylic oxidation sites excluding steroid dienone is 3. The van der Waals surface area contributed by atoms with E-state index in [4.69, 9.17) is 18.0 Å². The van der Waals surface area contributed by atoms with E-state index < -0.39 is 25.0 Å². The molecule has 55 heavy (non-hydrogen) atoms. The minimum Gasteiger partial charge on any atom is -0.417 e. The monoisotopic (exact) mass is 817 g/mol. The van der Waals surface area contributed by atoms with Crippen LogP contribution in [0.5, 0.6) is 0 Å². The highest BCUT2D eigenvalue weighted by Gasteiger charge is 2.51. The van der Waals surface area contributed by atoms with Crippen molar-refractivity contribution in [1.82, 2.24) is 0 Å². The van der Waals surface area contributed by atoms with E-state index >= 15 is 0 Å². The van der Waals surface area contributed by atoms with Gasteiger partial charge in [0.15, 0.2) is 25.0 Å². The molecule has 3 rings (SSSR count). The van der Waals surface area contributed by atoms with Crippen LogP contribution in [0.15, 0.2) is 35.5 Å². The first-order chi connectivity index (χ1) is 25.3. The summed E-state index contributed by atoms with van der Waals surface area (Å²) in [7, 11) is -5.35. The molecule has 0 aromatic carbocycles. The SMILES string of the molecule is C=C1CC(OCCCO[Si](C)(C)C(C)(C)C)C(O[Si](C)(C)C(C)(C)C)CC1=CC=C1CCC[C@]2(C)[C@@H]([C@H](C)CCCC(C)(C)O[Si](CC)(CC)CC)CC[C@@H]12. The normalized spacial score (nSPS) is 28.3. The molecule has 3 aliphatic rings. The molecule has 0 heterocycles. The second-order valence-electron chi connectivity index (χ2n) is 22.3. The van der Waals surface area contributed by atoms with Gasteiger partial charge in [0, 0.05) is 26.1 Å². The van der Waals surface area contributed by atoms with Gasteiger partial charge in [-0.1, -0.05) is 113 Å². The van der Waals surface area contributed by atoms with E-state index in [9.17, 15) is 0 Å². The van der Waals surface area contributed by atoms with E-state index in [2.05, 4.69) is 135 Å². The highest BCUT2D eigenvalue weighted by molar-refractivity contribution is 6.74. The summed E-state index contributed by atoms with van der Waals surface area (Å²) in [4.78, 5) is 0. The zero-order valence-corrected chi connectivity index (χ0v) is 42.7. The molecule has 0 amide bonds. The Balaban J connectivity index is 1.69. The van der Waals surface area contributed by atoms with Crippen LogP contribution in [-0.4, -0.2) is 56.0 Å². The van der Waals surface area contributed by atoms with E-state index in [-0.39, 0.29) is 27.9 Å². The van der Waals surface area contributed by atoms with Crippen molar-refractivity contribution in [3.05, 3.63) is 35.5 Å². The topological polar surface area (TPSA) is 36.9 Å². The van der Waals surface area contributed by atoms with Crippen LogP contribution < -0.4 is 0 Å². The quantitative estimate of drug-likeness (QED) is 0.0961. The average molecular weight is 818 g/mol. The summed E-state index contributed by atoms with van der Waals surface area (Å²) in [5, 5.41) is 0.372. The molecule has 0 aromatic heterocycles. The molecule has 0 spiro atoms. The van der Waals surface area contributed by atoms with E-state index in [1.165, 1.54) is 80.6 Å². The van der Waals surface area contributed by atoms with Crippen molar-refractivity contribution < 1.29 is 18.0 Å². The van der Waals surface area contributed by atoms with Crippen molar-refractivity contribution in [2.24, 2.45) is 23.2 Å². The predicted octanol–water partition coefficient (Wildman–Crippen LogP) is 15.2. The van der Waals surface area contributed by atoms with Gasteiger partial charge in [-0.25, -0.2) is 0 Å². The Morgan fingerprint density at radius 3 is 2.02 bits per heavy atom. The van der Waals surface area contributed by atoms with Gasteiger partial charge < -0.3 is 18.0 Å². The summed E-state index contributed by atoms with van der Waals surface area (Å²) in [6.07, 6.45) is 18.2. The zero-order valence-electron chi connectivity index (χ0n) is 39.7. The molecule has 2 unspecified atom stereocenters. The fraction of sp³-hybridized carbons (Fsp3) is 0.875. The summed E-state index contributed by atoms with van der Waals surface area (Å²) in [5.41, 5.74) is 4.70. The van der Waals surface area contributed by atoms with Crippen molar-refractivity contribution >= 4 is 25.0 Å². The minimum absolute atomic E-state index is 0.00603. The first kappa shape index (κ1) is 49.1. The minimum atomic E-state index is -2.00. The molecular weight excluding hydrogens is 725 g/mol. The lowest BCUT2D eigenvalue weighted by atomic mass is 9.60. The second kappa shape index (κ2) is 19.4. The van der Waals surface area contributed by atoms with Crippen LogP contribution in [0.3, 0.4) is 0 Å². The molecule has 0 aliphatic heterocycles. The van der Waals surface area contributed by atoms with Gasteiger partial charge in [0.2, 0.25) is 0 Å². The van der Waals surface area contributed by atoms with Crippen LogP contribution in [0.4, 0.5) is 0 Å². The molecule has 0 saturated heterocycles. The Hall–Kier alpha value is -0.289. The van der Waals surface area contributed by atoms with Crippen LogP contribution in [-0.2, 0) is 18.0 Å². The first-order valence-corrected chi connectivity index (χ1v) is 31.3. The van der Waals surface area contributed by atoms with Gasteiger partial charge in [0.05, 0.1) is 17.8 Å². The van der Waals surface area contributed by atoms with Gasteiger partial charge in [-0.3, -0.25) is 0 Å². The molecule has 7 heteroatoms. The van der Waals surface area contributed by atoms with Crippen LogP contribution in [0.1, 0.15) is 161 Å². The summed E-state index contributed by atoms with van der Waals surface area (Å²) < 4.78 is 27.3. The molecule has 0 aromatic rings. The smallest absolute Gasteiger partial charge is 0.192 e. The van der Waals surface area contributed by atoms with Gasteiger partial charge in [-0.2, -0.15) is 0 Å². The maximum absolute atomic E-state index is 7.18. The Labute approximate surface area is 346 Å². The lowest BCUT2D eigenvalue weighted by Crippen LogP contribution is -2.49. The Bertz CT molecular complexity index is 1290. The molecule has 320 valence electrons. The third-order valence-corrected chi connectivity index (χ3v) is 29.9. The molecular formula is C48H92O4Si3. The molecule has 0 radical (unpaired) electrons. The van der Waals surface area contributed by atoms with E-state index in [0.717, 1.165) is 37.7 Å². The van der Waals surface area contributed by atoms with Gasteiger partial charge in [0.25, 0.3) is 0 Å². The van der Waals surface area contributed by atoms with Crippen LogP contribution in [0, 0.1) is 23.2 Å². The maximum atomic E-state index is 7.18. The first-order valence-electron chi connectivity index (χ1n) is 23.0. The summed E-state index contributed by atoms with van der Waals surface area (Å²) in [6.45, 7) is 46.5. The molecule has 0 N–H and O–H groups in total. The number of hydrogen-bond acceptors (Lipinski definition) is 4.